The van der Waals surface area contributed by atoms with Crippen LogP contribution in [0.3, 0.4) is 0 Å². The van der Waals surface area contributed by atoms with Gasteiger partial charge in [0.15, 0.2) is 0 Å². The lowest BCUT2D eigenvalue weighted by molar-refractivity contribution is 0.338. The van der Waals surface area contributed by atoms with E-state index in [2.05, 4.69) is 36.5 Å². The van der Waals surface area contributed by atoms with Gasteiger partial charge in [-0.3, -0.25) is 0 Å². The molecule has 0 amide bonds. The van der Waals surface area contributed by atoms with E-state index in [-0.39, 0.29) is 11.8 Å². The molecule has 0 spiro atoms. The number of aryl methyl sites for hydroxylation is 1. The Labute approximate surface area is 125 Å². The number of benzene rings is 2. The van der Waals surface area contributed by atoms with Crippen LogP contribution in [0.5, 0.6) is 11.5 Å². The summed E-state index contributed by atoms with van der Waals surface area (Å²) in [5, 5.41) is 13.0. The maximum absolute atomic E-state index is 9.47. The minimum Gasteiger partial charge on any atom is -0.508 e. The van der Waals surface area contributed by atoms with E-state index in [1.807, 2.05) is 6.07 Å². The lowest BCUT2D eigenvalue weighted by Gasteiger charge is -2.13. The number of rotatable bonds is 5. The second-order valence-corrected chi connectivity index (χ2v) is 5.53. The van der Waals surface area contributed by atoms with E-state index < -0.39 is 0 Å². The fraction of sp³-hybridized carbons (Fsp3) is 0.333. The SMILES string of the molecule is CCCCc1ccc(NC2COc3cc(O)ccc32)cc1. The molecule has 3 heteroatoms. The van der Waals surface area contributed by atoms with E-state index in [0.29, 0.717) is 6.61 Å². The van der Waals surface area contributed by atoms with E-state index in [1.54, 1.807) is 12.1 Å². The number of anilines is 1. The third-order valence-electron chi connectivity index (χ3n) is 3.89. The summed E-state index contributed by atoms with van der Waals surface area (Å²) in [6, 6.07) is 14.1. The van der Waals surface area contributed by atoms with Crippen molar-refractivity contribution >= 4 is 5.69 Å². The van der Waals surface area contributed by atoms with Gasteiger partial charge in [-0.05, 0) is 42.7 Å². The smallest absolute Gasteiger partial charge is 0.128 e. The summed E-state index contributed by atoms with van der Waals surface area (Å²) >= 11 is 0. The number of phenols is 1. The van der Waals surface area contributed by atoms with E-state index >= 15 is 0 Å². The number of nitrogens with one attached hydrogen (secondary N) is 1. The summed E-state index contributed by atoms with van der Waals surface area (Å²) in [5.74, 6) is 1.02. The maximum atomic E-state index is 9.47. The van der Waals surface area contributed by atoms with Gasteiger partial charge in [-0.2, -0.15) is 0 Å². The Kier molecular flexibility index (Phi) is 4.00. The first-order valence-electron chi connectivity index (χ1n) is 7.57. The third kappa shape index (κ3) is 3.13. The van der Waals surface area contributed by atoms with Gasteiger partial charge < -0.3 is 15.2 Å². The van der Waals surface area contributed by atoms with Gasteiger partial charge in [0.25, 0.3) is 0 Å². The number of aromatic hydroxyl groups is 1. The zero-order valence-corrected chi connectivity index (χ0v) is 12.3. The van der Waals surface area contributed by atoms with Crippen LogP contribution in [0.25, 0.3) is 0 Å². The largest absolute Gasteiger partial charge is 0.508 e. The molecule has 0 saturated heterocycles. The van der Waals surface area contributed by atoms with Crippen LogP contribution in [0.1, 0.15) is 36.9 Å². The molecule has 0 saturated carbocycles. The Morgan fingerprint density at radius 2 is 2.00 bits per heavy atom. The van der Waals surface area contributed by atoms with E-state index in [1.165, 1.54) is 18.4 Å². The van der Waals surface area contributed by atoms with Gasteiger partial charge in [0.05, 0.1) is 6.04 Å². The van der Waals surface area contributed by atoms with Crippen LogP contribution >= 0.6 is 0 Å². The van der Waals surface area contributed by atoms with Crippen LogP contribution in [0.4, 0.5) is 5.69 Å². The average Bonchev–Trinajstić information content (AvgIpc) is 2.88. The zero-order chi connectivity index (χ0) is 14.7. The van der Waals surface area contributed by atoms with Gasteiger partial charge in [0.2, 0.25) is 0 Å². The van der Waals surface area contributed by atoms with E-state index in [4.69, 9.17) is 4.74 Å². The van der Waals surface area contributed by atoms with Gasteiger partial charge >= 0.3 is 0 Å². The maximum Gasteiger partial charge on any atom is 0.128 e. The predicted octanol–water partition coefficient (Wildman–Crippen LogP) is 4.28. The molecule has 3 nitrogen and oxygen atoms in total. The summed E-state index contributed by atoms with van der Waals surface area (Å²) in [7, 11) is 0. The molecule has 0 aliphatic carbocycles. The predicted molar refractivity (Wildman–Crippen MR) is 85.0 cm³/mol. The average molecular weight is 283 g/mol. The van der Waals surface area contributed by atoms with Crippen LogP contribution < -0.4 is 10.1 Å². The molecule has 2 aromatic rings. The fourth-order valence-corrected chi connectivity index (χ4v) is 2.67. The molecule has 2 N–H and O–H groups in total. The summed E-state index contributed by atoms with van der Waals surface area (Å²) in [4.78, 5) is 0. The number of hydrogen-bond donors (Lipinski definition) is 2. The first-order chi connectivity index (χ1) is 10.3. The minimum absolute atomic E-state index is 0.141. The zero-order valence-electron chi connectivity index (χ0n) is 12.3. The lowest BCUT2D eigenvalue weighted by atomic mass is 10.1. The molecule has 0 fully saturated rings. The number of phenolic OH excluding ortho intramolecular Hbond substituents is 1. The van der Waals surface area contributed by atoms with Crippen molar-refractivity contribution in [2.45, 2.75) is 32.2 Å². The van der Waals surface area contributed by atoms with Crippen LogP contribution in [-0.4, -0.2) is 11.7 Å². The van der Waals surface area contributed by atoms with Gasteiger partial charge in [-0.25, -0.2) is 0 Å². The van der Waals surface area contributed by atoms with Crippen molar-refractivity contribution in [1.29, 1.82) is 0 Å². The molecule has 1 heterocycles. The molecule has 2 aromatic carbocycles. The van der Waals surface area contributed by atoms with Crippen LogP contribution in [0.15, 0.2) is 42.5 Å². The van der Waals surface area contributed by atoms with Gasteiger partial charge in [0, 0.05) is 17.3 Å². The normalized spacial score (nSPS) is 16.3. The Bertz CT molecular complexity index is 607. The van der Waals surface area contributed by atoms with Gasteiger partial charge in [-0.1, -0.05) is 25.5 Å². The molecule has 1 unspecified atom stereocenters. The Morgan fingerprint density at radius 1 is 1.19 bits per heavy atom. The quantitative estimate of drug-likeness (QED) is 0.860. The van der Waals surface area contributed by atoms with Crippen molar-refractivity contribution in [2.75, 3.05) is 11.9 Å². The van der Waals surface area contributed by atoms with Gasteiger partial charge in [-0.15, -0.1) is 0 Å². The second kappa shape index (κ2) is 6.08. The second-order valence-electron chi connectivity index (χ2n) is 5.53. The Hall–Kier alpha value is -2.16. The van der Waals surface area contributed by atoms with Crippen molar-refractivity contribution in [3.63, 3.8) is 0 Å². The topological polar surface area (TPSA) is 41.5 Å². The van der Waals surface area contributed by atoms with Crippen molar-refractivity contribution in [3.8, 4) is 11.5 Å². The highest BCUT2D eigenvalue weighted by atomic mass is 16.5. The fourth-order valence-electron chi connectivity index (χ4n) is 2.67. The lowest BCUT2D eigenvalue weighted by Crippen LogP contribution is -2.11. The van der Waals surface area contributed by atoms with Crippen LogP contribution in [0, 0.1) is 0 Å². The standard InChI is InChI=1S/C18H21NO2/c1-2-3-4-13-5-7-14(8-6-13)19-17-12-21-18-11-15(20)9-10-16(17)18/h5-11,17,19-20H,2-4,12H2,1H3. The number of ether oxygens (including phenoxy) is 1. The Balaban J connectivity index is 1.68. The van der Waals surface area contributed by atoms with E-state index in [0.717, 1.165) is 23.4 Å². The highest BCUT2D eigenvalue weighted by Crippen LogP contribution is 2.36. The molecule has 1 aliphatic heterocycles. The van der Waals surface area contributed by atoms with Crippen molar-refractivity contribution in [1.82, 2.24) is 0 Å². The Morgan fingerprint density at radius 3 is 2.76 bits per heavy atom. The molecular formula is C18H21NO2. The summed E-state index contributed by atoms with van der Waals surface area (Å²) in [6.45, 7) is 2.81. The van der Waals surface area contributed by atoms with Crippen molar-refractivity contribution in [3.05, 3.63) is 53.6 Å². The number of hydrogen-bond acceptors (Lipinski definition) is 3. The van der Waals surface area contributed by atoms with Crippen LogP contribution in [0.2, 0.25) is 0 Å². The molecule has 0 bridgehead atoms. The number of unbranched alkanes of at least 4 members (excludes halogenated alkanes) is 1. The van der Waals surface area contributed by atoms with Crippen molar-refractivity contribution < 1.29 is 9.84 Å². The molecule has 0 aromatic heterocycles. The summed E-state index contributed by atoms with van der Waals surface area (Å²) in [6.07, 6.45) is 3.61. The third-order valence-corrected chi connectivity index (χ3v) is 3.89. The molecule has 1 aliphatic rings. The van der Waals surface area contributed by atoms with E-state index in [9.17, 15) is 5.11 Å². The monoisotopic (exact) mass is 283 g/mol. The first-order valence-corrected chi connectivity index (χ1v) is 7.57. The van der Waals surface area contributed by atoms with Crippen LogP contribution in [-0.2, 0) is 6.42 Å². The molecule has 1 atom stereocenters. The summed E-state index contributed by atoms with van der Waals surface area (Å²) in [5.41, 5.74) is 3.59. The first kappa shape index (κ1) is 13.8. The molecule has 21 heavy (non-hydrogen) atoms. The van der Waals surface area contributed by atoms with Gasteiger partial charge in [0.1, 0.15) is 18.1 Å². The summed E-state index contributed by atoms with van der Waals surface area (Å²) < 4.78 is 5.62. The highest BCUT2D eigenvalue weighted by molar-refractivity contribution is 5.52. The van der Waals surface area contributed by atoms with Crippen molar-refractivity contribution in [2.24, 2.45) is 0 Å². The highest BCUT2D eigenvalue weighted by Gasteiger charge is 2.24. The minimum atomic E-state index is 0.141. The molecular weight excluding hydrogens is 262 g/mol. The molecule has 0 radical (unpaired) electrons. The number of fused-ring (bicyclic) bond motifs is 1. The molecule has 110 valence electrons. The molecule has 3 rings (SSSR count).